The van der Waals surface area contributed by atoms with Crippen LogP contribution in [0, 0.1) is 17.8 Å². The molecule has 0 radical (unpaired) electrons. The third kappa shape index (κ3) is 5.11. The predicted molar refractivity (Wildman–Crippen MR) is 138 cm³/mol. The van der Waals surface area contributed by atoms with Gasteiger partial charge in [0.15, 0.2) is 0 Å². The summed E-state index contributed by atoms with van der Waals surface area (Å²) in [4.78, 5) is 13.1. The Hall–Kier alpha value is -2.49. The molecule has 4 aliphatic carbocycles. The van der Waals surface area contributed by atoms with Gasteiger partial charge in [-0.25, -0.2) is 0 Å². The van der Waals surface area contributed by atoms with E-state index in [4.69, 9.17) is 4.74 Å². The van der Waals surface area contributed by atoms with Crippen molar-refractivity contribution >= 4 is 11.6 Å². The first-order valence-electron chi connectivity index (χ1n) is 13.4. The van der Waals surface area contributed by atoms with Gasteiger partial charge >= 0.3 is 0 Å². The second kappa shape index (κ2) is 10.0. The van der Waals surface area contributed by atoms with Crippen LogP contribution in [0.2, 0.25) is 0 Å². The van der Waals surface area contributed by atoms with Crippen LogP contribution in [-0.2, 0) is 6.42 Å². The molecular weight excluding hydrogens is 420 g/mol. The summed E-state index contributed by atoms with van der Waals surface area (Å²) in [6, 6.07) is 16.4. The fourth-order valence-electron chi connectivity index (χ4n) is 7.36. The number of para-hydroxylation sites is 1. The number of anilines is 1. The fourth-order valence-corrected chi connectivity index (χ4v) is 7.36. The van der Waals surface area contributed by atoms with E-state index in [9.17, 15) is 4.79 Å². The minimum Gasteiger partial charge on any atom is -0.496 e. The van der Waals surface area contributed by atoms with Crippen LogP contribution in [0.25, 0.3) is 0 Å². The van der Waals surface area contributed by atoms with E-state index in [0.717, 1.165) is 66.0 Å². The lowest BCUT2D eigenvalue weighted by Gasteiger charge is -2.57. The topological polar surface area (TPSA) is 50.4 Å². The van der Waals surface area contributed by atoms with Gasteiger partial charge in [0.2, 0.25) is 0 Å². The number of carbonyl (C=O) groups is 1. The third-order valence-electron chi connectivity index (χ3n) is 8.50. The lowest BCUT2D eigenvalue weighted by Crippen LogP contribution is -2.54. The highest BCUT2D eigenvalue weighted by Crippen LogP contribution is 2.56. The zero-order valence-corrected chi connectivity index (χ0v) is 20.8. The van der Waals surface area contributed by atoms with E-state index in [1.807, 2.05) is 30.3 Å². The molecule has 4 bridgehead atoms. The molecular formula is C30H40N2O2. The van der Waals surface area contributed by atoms with Crippen molar-refractivity contribution in [1.82, 2.24) is 5.32 Å². The molecule has 0 unspecified atom stereocenters. The Kier molecular flexibility index (Phi) is 6.85. The van der Waals surface area contributed by atoms with Crippen molar-refractivity contribution in [3.8, 4) is 5.75 Å². The molecule has 0 spiro atoms. The Morgan fingerprint density at radius 2 is 1.65 bits per heavy atom. The molecule has 0 aromatic heterocycles. The van der Waals surface area contributed by atoms with Gasteiger partial charge in [0.25, 0.3) is 5.91 Å². The SMILES string of the molecule is CCCC[C@@H](Cc1ccccc1OC)NC(=O)c1ccc(NC23CC4CC(CC(C4)C2)C3)cc1. The van der Waals surface area contributed by atoms with Gasteiger partial charge in [-0.3, -0.25) is 4.79 Å². The van der Waals surface area contributed by atoms with E-state index in [-0.39, 0.29) is 11.9 Å². The fraction of sp³-hybridized carbons (Fsp3) is 0.567. The molecule has 1 atom stereocenters. The molecule has 6 rings (SSSR count). The zero-order valence-electron chi connectivity index (χ0n) is 20.8. The first-order valence-corrected chi connectivity index (χ1v) is 13.4. The summed E-state index contributed by atoms with van der Waals surface area (Å²) in [5, 5.41) is 7.22. The number of ether oxygens (including phenoxy) is 1. The number of benzene rings is 2. The lowest BCUT2D eigenvalue weighted by atomic mass is 9.53. The molecule has 2 aromatic rings. The van der Waals surface area contributed by atoms with E-state index < -0.39 is 0 Å². The Morgan fingerprint density at radius 1 is 1.00 bits per heavy atom. The average Bonchev–Trinajstić information content (AvgIpc) is 2.82. The van der Waals surface area contributed by atoms with Crippen LogP contribution in [0.3, 0.4) is 0 Å². The van der Waals surface area contributed by atoms with Crippen LogP contribution < -0.4 is 15.4 Å². The van der Waals surface area contributed by atoms with E-state index in [1.165, 1.54) is 38.5 Å². The van der Waals surface area contributed by atoms with Gasteiger partial charge < -0.3 is 15.4 Å². The molecule has 4 saturated carbocycles. The monoisotopic (exact) mass is 460 g/mol. The van der Waals surface area contributed by atoms with E-state index >= 15 is 0 Å². The van der Waals surface area contributed by atoms with Crippen LogP contribution in [0.15, 0.2) is 48.5 Å². The van der Waals surface area contributed by atoms with Gasteiger partial charge in [0.05, 0.1) is 7.11 Å². The normalized spacial score (nSPS) is 27.9. The van der Waals surface area contributed by atoms with Crippen molar-refractivity contribution in [2.24, 2.45) is 17.8 Å². The molecule has 2 N–H and O–H groups in total. The number of hydrogen-bond acceptors (Lipinski definition) is 3. The molecule has 4 aliphatic rings. The summed E-state index contributed by atoms with van der Waals surface area (Å²) >= 11 is 0. The first-order chi connectivity index (χ1) is 16.6. The van der Waals surface area contributed by atoms with Gasteiger partial charge in [-0.05, 0) is 105 Å². The summed E-state index contributed by atoms with van der Waals surface area (Å²) in [5.41, 5.74) is 3.33. The summed E-state index contributed by atoms with van der Waals surface area (Å²) in [6.07, 6.45) is 12.3. The summed E-state index contributed by atoms with van der Waals surface area (Å²) in [6.45, 7) is 2.19. The summed E-state index contributed by atoms with van der Waals surface area (Å²) < 4.78 is 5.53. The highest BCUT2D eigenvalue weighted by atomic mass is 16.5. The van der Waals surface area contributed by atoms with Crippen LogP contribution in [-0.4, -0.2) is 24.6 Å². The molecule has 0 aliphatic heterocycles. The Labute approximate surface area is 204 Å². The Bertz CT molecular complexity index is 948. The standard InChI is InChI=1S/C30H40N2O2/c1-3-4-8-27(17-25-7-5-6-9-28(25)34-2)31-29(33)24-10-12-26(13-11-24)32-30-18-21-14-22(19-30)16-23(15-21)20-30/h5-7,9-13,21-23,27,32H,3-4,8,14-20H2,1-2H3,(H,31,33)/t21?,22?,23?,27-,30?/m0/s1. The lowest BCUT2D eigenvalue weighted by molar-refractivity contribution is 0.0107. The van der Waals surface area contributed by atoms with Gasteiger partial charge in [-0.15, -0.1) is 0 Å². The molecule has 0 saturated heterocycles. The van der Waals surface area contributed by atoms with Crippen molar-refractivity contribution in [3.63, 3.8) is 0 Å². The average molecular weight is 461 g/mol. The van der Waals surface area contributed by atoms with Crippen molar-refractivity contribution in [3.05, 3.63) is 59.7 Å². The minimum atomic E-state index is 0.0114. The van der Waals surface area contributed by atoms with E-state index in [1.54, 1.807) is 7.11 Å². The van der Waals surface area contributed by atoms with Crippen LogP contribution >= 0.6 is 0 Å². The number of amides is 1. The smallest absolute Gasteiger partial charge is 0.251 e. The molecule has 34 heavy (non-hydrogen) atoms. The summed E-state index contributed by atoms with van der Waals surface area (Å²) in [5.74, 6) is 3.67. The number of methoxy groups -OCH3 is 1. The largest absolute Gasteiger partial charge is 0.496 e. The molecule has 0 heterocycles. The van der Waals surface area contributed by atoms with Crippen molar-refractivity contribution in [1.29, 1.82) is 0 Å². The quantitative estimate of drug-likeness (QED) is 0.420. The Balaban J connectivity index is 1.23. The van der Waals surface area contributed by atoms with Gasteiger partial charge in [-0.2, -0.15) is 0 Å². The number of nitrogens with one attached hydrogen (secondary N) is 2. The maximum absolute atomic E-state index is 13.1. The van der Waals surface area contributed by atoms with E-state index in [2.05, 4.69) is 35.8 Å². The molecule has 2 aromatic carbocycles. The molecule has 182 valence electrons. The first kappa shape index (κ1) is 23.3. The number of carbonyl (C=O) groups excluding carboxylic acids is 1. The van der Waals surface area contributed by atoms with Crippen molar-refractivity contribution in [2.75, 3.05) is 12.4 Å². The maximum atomic E-state index is 13.1. The summed E-state index contributed by atoms with van der Waals surface area (Å²) in [7, 11) is 1.71. The van der Waals surface area contributed by atoms with Crippen LogP contribution in [0.4, 0.5) is 5.69 Å². The van der Waals surface area contributed by atoms with Crippen LogP contribution in [0.5, 0.6) is 5.75 Å². The predicted octanol–water partition coefficient (Wildman–Crippen LogP) is 6.61. The van der Waals surface area contributed by atoms with Gasteiger partial charge in [0.1, 0.15) is 5.75 Å². The number of rotatable bonds is 10. The van der Waals surface area contributed by atoms with E-state index in [0.29, 0.717) is 5.54 Å². The van der Waals surface area contributed by atoms with Crippen molar-refractivity contribution in [2.45, 2.75) is 82.7 Å². The van der Waals surface area contributed by atoms with Gasteiger partial charge in [-0.1, -0.05) is 38.0 Å². The number of unbranched alkanes of at least 4 members (excludes halogenated alkanes) is 1. The number of hydrogen-bond donors (Lipinski definition) is 2. The molecule has 4 heteroatoms. The maximum Gasteiger partial charge on any atom is 0.251 e. The molecule has 1 amide bonds. The van der Waals surface area contributed by atoms with Crippen LogP contribution in [0.1, 0.15) is 80.6 Å². The molecule has 4 fully saturated rings. The highest BCUT2D eigenvalue weighted by molar-refractivity contribution is 5.94. The highest BCUT2D eigenvalue weighted by Gasteiger charge is 2.50. The zero-order chi connectivity index (χ0) is 23.5. The Morgan fingerprint density at radius 3 is 2.26 bits per heavy atom. The minimum absolute atomic E-state index is 0.0114. The second-order valence-electron chi connectivity index (χ2n) is 11.2. The third-order valence-corrected chi connectivity index (χ3v) is 8.50. The molecule has 4 nitrogen and oxygen atoms in total. The van der Waals surface area contributed by atoms with Crippen molar-refractivity contribution < 1.29 is 9.53 Å². The van der Waals surface area contributed by atoms with Gasteiger partial charge in [0, 0.05) is 22.8 Å². The second-order valence-corrected chi connectivity index (χ2v) is 11.2.